The van der Waals surface area contributed by atoms with Gasteiger partial charge in [-0.1, -0.05) is 24.3 Å². The fourth-order valence-electron chi connectivity index (χ4n) is 3.39. The van der Waals surface area contributed by atoms with Gasteiger partial charge in [-0.25, -0.2) is 4.68 Å². The van der Waals surface area contributed by atoms with Crippen LogP contribution in [0.4, 0.5) is 0 Å². The Morgan fingerprint density at radius 3 is 2.79 bits per heavy atom. The van der Waals surface area contributed by atoms with Crippen molar-refractivity contribution in [1.29, 1.82) is 0 Å². The van der Waals surface area contributed by atoms with Gasteiger partial charge in [0.1, 0.15) is 12.4 Å². The number of carbonyl (C=O) groups is 1. The van der Waals surface area contributed by atoms with Crippen molar-refractivity contribution in [3.05, 3.63) is 78.1 Å². The summed E-state index contributed by atoms with van der Waals surface area (Å²) in [6.45, 7) is 1.83. The second kappa shape index (κ2) is 9.39. The number of ether oxygens (including phenoxy) is 2. The predicted octanol–water partition coefficient (Wildman–Crippen LogP) is 3.40. The van der Waals surface area contributed by atoms with Crippen LogP contribution in [0.5, 0.6) is 5.75 Å². The van der Waals surface area contributed by atoms with Gasteiger partial charge in [0, 0.05) is 25.5 Å². The van der Waals surface area contributed by atoms with Crippen LogP contribution >= 0.6 is 0 Å². The lowest BCUT2D eigenvalue weighted by Crippen LogP contribution is -2.26. The predicted molar refractivity (Wildman–Crippen MR) is 111 cm³/mol. The number of amides is 1. The minimum Gasteiger partial charge on any atom is -0.490 e. The number of para-hydroxylation sites is 1. The molecule has 150 valence electrons. The van der Waals surface area contributed by atoms with Crippen LogP contribution < -0.4 is 10.1 Å². The van der Waals surface area contributed by atoms with E-state index in [1.165, 1.54) is 0 Å². The standard InChI is InChI=1S/C23H25N3O3/c27-23(21-6-1-2-7-22(21)29-17-20-5-3-16-28-20)24-14-12-18-8-10-19(11-9-18)26-15-4-13-25-26/h1-2,4,6-11,13,15,20H,3,5,12,14,16-17H2,(H,24,27). The summed E-state index contributed by atoms with van der Waals surface area (Å²) in [5.74, 6) is 0.477. The van der Waals surface area contributed by atoms with Crippen molar-refractivity contribution in [3.63, 3.8) is 0 Å². The van der Waals surface area contributed by atoms with Crippen LogP contribution in [0.3, 0.4) is 0 Å². The zero-order valence-electron chi connectivity index (χ0n) is 16.3. The first-order chi connectivity index (χ1) is 14.3. The second-order valence-corrected chi connectivity index (χ2v) is 7.07. The van der Waals surface area contributed by atoms with E-state index in [9.17, 15) is 4.79 Å². The first-order valence-electron chi connectivity index (χ1n) is 10.0. The van der Waals surface area contributed by atoms with E-state index < -0.39 is 0 Å². The number of carbonyl (C=O) groups excluding carboxylic acids is 1. The monoisotopic (exact) mass is 391 g/mol. The summed E-state index contributed by atoms with van der Waals surface area (Å²) in [6.07, 6.45) is 6.62. The van der Waals surface area contributed by atoms with Gasteiger partial charge in [0.25, 0.3) is 5.91 Å². The van der Waals surface area contributed by atoms with Crippen LogP contribution in [0.15, 0.2) is 67.0 Å². The average Bonchev–Trinajstić information content (AvgIpc) is 3.47. The van der Waals surface area contributed by atoms with E-state index in [0.717, 1.165) is 37.1 Å². The minimum absolute atomic E-state index is 0.121. The first kappa shape index (κ1) is 19.2. The third kappa shape index (κ3) is 5.03. The molecule has 1 N–H and O–H groups in total. The molecule has 4 rings (SSSR count). The van der Waals surface area contributed by atoms with E-state index >= 15 is 0 Å². The van der Waals surface area contributed by atoms with Gasteiger partial charge in [0.15, 0.2) is 0 Å². The maximum atomic E-state index is 12.6. The van der Waals surface area contributed by atoms with Crippen molar-refractivity contribution in [1.82, 2.24) is 15.1 Å². The van der Waals surface area contributed by atoms with Crippen LogP contribution in [0.2, 0.25) is 0 Å². The van der Waals surface area contributed by atoms with Crippen molar-refractivity contribution in [2.45, 2.75) is 25.4 Å². The van der Waals surface area contributed by atoms with Crippen molar-refractivity contribution in [2.75, 3.05) is 19.8 Å². The van der Waals surface area contributed by atoms with E-state index in [0.29, 0.717) is 24.5 Å². The molecule has 1 amide bonds. The van der Waals surface area contributed by atoms with Crippen LogP contribution in [-0.2, 0) is 11.2 Å². The zero-order chi connectivity index (χ0) is 19.9. The average molecular weight is 391 g/mol. The molecule has 3 aromatic rings. The molecule has 6 heteroatoms. The summed E-state index contributed by atoms with van der Waals surface area (Å²) in [4.78, 5) is 12.6. The largest absolute Gasteiger partial charge is 0.490 e. The fraction of sp³-hybridized carbons (Fsp3) is 0.304. The Morgan fingerprint density at radius 2 is 2.03 bits per heavy atom. The molecule has 0 radical (unpaired) electrons. The SMILES string of the molecule is O=C(NCCc1ccc(-n2cccn2)cc1)c1ccccc1OCC1CCCO1. The van der Waals surface area contributed by atoms with Gasteiger partial charge in [0.05, 0.1) is 17.4 Å². The van der Waals surface area contributed by atoms with Gasteiger partial charge in [-0.15, -0.1) is 0 Å². The lowest BCUT2D eigenvalue weighted by molar-refractivity contribution is 0.0670. The molecular formula is C23H25N3O3. The molecule has 1 aliphatic rings. The third-order valence-electron chi connectivity index (χ3n) is 4.98. The third-order valence-corrected chi connectivity index (χ3v) is 4.98. The van der Waals surface area contributed by atoms with Gasteiger partial charge >= 0.3 is 0 Å². The van der Waals surface area contributed by atoms with Gasteiger partial charge in [-0.2, -0.15) is 5.10 Å². The lowest BCUT2D eigenvalue weighted by Gasteiger charge is -2.14. The molecule has 0 spiro atoms. The molecule has 1 fully saturated rings. The number of hydrogen-bond donors (Lipinski definition) is 1. The number of nitrogens with zero attached hydrogens (tertiary/aromatic N) is 2. The maximum absolute atomic E-state index is 12.6. The molecule has 1 aromatic heterocycles. The minimum atomic E-state index is -0.124. The Balaban J connectivity index is 1.29. The fourth-order valence-corrected chi connectivity index (χ4v) is 3.39. The normalized spacial score (nSPS) is 15.9. The number of nitrogens with one attached hydrogen (secondary N) is 1. The van der Waals surface area contributed by atoms with Crippen LogP contribution in [0.1, 0.15) is 28.8 Å². The highest BCUT2D eigenvalue weighted by atomic mass is 16.5. The summed E-state index contributed by atoms with van der Waals surface area (Å²) in [6, 6.07) is 17.4. The molecule has 1 atom stereocenters. The lowest BCUT2D eigenvalue weighted by atomic mass is 10.1. The number of rotatable bonds is 8. The summed E-state index contributed by atoms with van der Waals surface area (Å²) < 4.78 is 13.3. The van der Waals surface area contributed by atoms with E-state index in [4.69, 9.17) is 9.47 Å². The van der Waals surface area contributed by atoms with Crippen molar-refractivity contribution >= 4 is 5.91 Å². The highest BCUT2D eigenvalue weighted by molar-refractivity contribution is 5.96. The first-order valence-corrected chi connectivity index (χ1v) is 10.0. The quantitative estimate of drug-likeness (QED) is 0.639. The molecule has 29 heavy (non-hydrogen) atoms. The van der Waals surface area contributed by atoms with Gasteiger partial charge in [-0.3, -0.25) is 4.79 Å². The Labute approximate surface area is 170 Å². The van der Waals surface area contributed by atoms with E-state index in [-0.39, 0.29) is 12.0 Å². The molecule has 0 saturated carbocycles. The molecule has 0 bridgehead atoms. The highest BCUT2D eigenvalue weighted by Crippen LogP contribution is 2.20. The van der Waals surface area contributed by atoms with Crippen LogP contribution in [0.25, 0.3) is 5.69 Å². The van der Waals surface area contributed by atoms with E-state index in [1.54, 1.807) is 12.3 Å². The molecule has 2 heterocycles. The topological polar surface area (TPSA) is 65.4 Å². The van der Waals surface area contributed by atoms with Crippen molar-refractivity contribution < 1.29 is 14.3 Å². The van der Waals surface area contributed by atoms with Crippen LogP contribution in [0, 0.1) is 0 Å². The van der Waals surface area contributed by atoms with Gasteiger partial charge in [0.2, 0.25) is 0 Å². The number of benzene rings is 2. The summed E-state index contributed by atoms with van der Waals surface area (Å²) in [5.41, 5.74) is 2.73. The number of aromatic nitrogens is 2. The van der Waals surface area contributed by atoms with Crippen LogP contribution in [-0.4, -0.2) is 41.6 Å². The zero-order valence-corrected chi connectivity index (χ0v) is 16.3. The molecule has 1 aliphatic heterocycles. The smallest absolute Gasteiger partial charge is 0.255 e. The van der Waals surface area contributed by atoms with Crippen molar-refractivity contribution in [3.8, 4) is 11.4 Å². The Kier molecular flexibility index (Phi) is 6.22. The highest BCUT2D eigenvalue weighted by Gasteiger charge is 2.18. The van der Waals surface area contributed by atoms with Crippen molar-refractivity contribution in [2.24, 2.45) is 0 Å². The second-order valence-electron chi connectivity index (χ2n) is 7.07. The van der Waals surface area contributed by atoms with E-state index in [1.807, 2.05) is 47.3 Å². The molecule has 1 saturated heterocycles. The van der Waals surface area contributed by atoms with Gasteiger partial charge < -0.3 is 14.8 Å². The summed E-state index contributed by atoms with van der Waals surface area (Å²) in [5, 5.41) is 7.21. The van der Waals surface area contributed by atoms with E-state index in [2.05, 4.69) is 22.5 Å². The Morgan fingerprint density at radius 1 is 1.17 bits per heavy atom. The molecule has 0 aliphatic carbocycles. The number of hydrogen-bond acceptors (Lipinski definition) is 4. The molecule has 1 unspecified atom stereocenters. The molecule has 2 aromatic carbocycles. The summed E-state index contributed by atoms with van der Waals surface area (Å²) in [7, 11) is 0. The molecular weight excluding hydrogens is 366 g/mol. The molecule has 6 nitrogen and oxygen atoms in total. The van der Waals surface area contributed by atoms with Gasteiger partial charge in [-0.05, 0) is 55.2 Å². The summed E-state index contributed by atoms with van der Waals surface area (Å²) >= 11 is 0. The maximum Gasteiger partial charge on any atom is 0.255 e. The Bertz CT molecular complexity index is 917. The Hall–Kier alpha value is -3.12.